The van der Waals surface area contributed by atoms with E-state index < -0.39 is 17.8 Å². The van der Waals surface area contributed by atoms with Gasteiger partial charge in [0.15, 0.2) is 0 Å². The van der Waals surface area contributed by atoms with Crippen molar-refractivity contribution in [2.45, 2.75) is 6.04 Å². The molecule has 1 atom stereocenters. The molecule has 0 aliphatic carbocycles. The van der Waals surface area contributed by atoms with E-state index in [0.29, 0.717) is 27.8 Å². The third-order valence-electron chi connectivity index (χ3n) is 6.57. The number of pyridine rings is 1. The van der Waals surface area contributed by atoms with E-state index in [1.54, 1.807) is 12.3 Å². The van der Waals surface area contributed by atoms with Crippen LogP contribution in [0.2, 0.25) is 0 Å². The van der Waals surface area contributed by atoms with Crippen molar-refractivity contribution in [3.05, 3.63) is 108 Å². The molecule has 0 radical (unpaired) electrons. The molecule has 0 amide bonds. The molecule has 180 valence electrons. The van der Waals surface area contributed by atoms with Gasteiger partial charge in [-0.15, -0.1) is 0 Å². The molecule has 0 saturated heterocycles. The largest absolute Gasteiger partial charge is 0.480 e. The Morgan fingerprint density at radius 1 is 0.811 bits per heavy atom. The second-order valence-corrected chi connectivity index (χ2v) is 8.96. The van der Waals surface area contributed by atoms with Crippen LogP contribution in [0.5, 0.6) is 0 Å². The Hall–Kier alpha value is -4.84. The van der Waals surface area contributed by atoms with Crippen LogP contribution in [-0.2, 0) is 4.79 Å². The first-order chi connectivity index (χ1) is 18.1. The number of carbonyl (C=O) groups is 1. The second kappa shape index (κ2) is 9.32. The number of hydrogen-bond acceptors (Lipinski definition) is 4. The molecule has 6 heteroatoms. The summed E-state index contributed by atoms with van der Waals surface area (Å²) in [5, 5.41) is 13.2. The smallest absolute Gasteiger partial charge is 0.328 e. The van der Waals surface area contributed by atoms with Gasteiger partial charge in [0.2, 0.25) is 0 Å². The summed E-state index contributed by atoms with van der Waals surface area (Å²) in [7, 11) is 0. The molecule has 1 aromatic heterocycles. The highest BCUT2D eigenvalue weighted by molar-refractivity contribution is 6.07. The molecule has 0 bridgehead atoms. The highest BCUT2D eigenvalue weighted by atomic mass is 19.1. The van der Waals surface area contributed by atoms with Crippen molar-refractivity contribution in [1.29, 1.82) is 0 Å². The summed E-state index contributed by atoms with van der Waals surface area (Å²) in [6.07, 6.45) is 1.63. The monoisotopic (exact) mass is 487 g/mol. The van der Waals surface area contributed by atoms with Gasteiger partial charge in [-0.25, -0.2) is 14.2 Å². The molecule has 37 heavy (non-hydrogen) atoms. The van der Waals surface area contributed by atoms with Crippen molar-refractivity contribution >= 4 is 28.8 Å². The standard InChI is InChI=1S/C31H22FN3O2/c32-24-13-14-27-25(16-24)30-26(17-33-18-28(35-30)31(36)37)29(34-27)21-11-9-20(10-12-21)23-8-4-7-22(15-23)19-5-2-1-3-6-19/h1-17,28,35H,18H2,(H,36,37). The predicted octanol–water partition coefficient (Wildman–Crippen LogP) is 6.67. The molecule has 0 saturated carbocycles. The van der Waals surface area contributed by atoms with Crippen LogP contribution in [0.15, 0.2) is 102 Å². The number of halogens is 1. The van der Waals surface area contributed by atoms with E-state index in [-0.39, 0.29) is 6.54 Å². The maximum Gasteiger partial charge on any atom is 0.328 e. The number of nitrogens with one attached hydrogen (secondary N) is 1. The van der Waals surface area contributed by atoms with Crippen molar-refractivity contribution in [3.63, 3.8) is 0 Å². The van der Waals surface area contributed by atoms with Crippen molar-refractivity contribution in [3.8, 4) is 33.5 Å². The molecule has 4 aromatic carbocycles. The van der Waals surface area contributed by atoms with Crippen molar-refractivity contribution in [2.24, 2.45) is 4.99 Å². The van der Waals surface area contributed by atoms with Gasteiger partial charge in [0, 0.05) is 22.7 Å². The lowest BCUT2D eigenvalue weighted by Gasteiger charge is -2.18. The summed E-state index contributed by atoms with van der Waals surface area (Å²) in [4.78, 5) is 20.9. The molecule has 5 nitrogen and oxygen atoms in total. The van der Waals surface area contributed by atoms with Crippen LogP contribution >= 0.6 is 0 Å². The number of aliphatic imine (C=N–C) groups is 1. The Labute approximate surface area is 213 Å². The number of nitrogens with zero attached hydrogens (tertiary/aromatic N) is 2. The zero-order valence-corrected chi connectivity index (χ0v) is 19.7. The van der Waals surface area contributed by atoms with Crippen LogP contribution in [0, 0.1) is 5.82 Å². The quantitative estimate of drug-likeness (QED) is 0.297. The molecule has 2 heterocycles. The minimum Gasteiger partial charge on any atom is -0.480 e. The molecular weight excluding hydrogens is 465 g/mol. The maximum absolute atomic E-state index is 14.1. The first-order valence-electron chi connectivity index (χ1n) is 12.0. The highest BCUT2D eigenvalue weighted by Gasteiger charge is 2.24. The summed E-state index contributed by atoms with van der Waals surface area (Å²) in [5.74, 6) is -1.43. The van der Waals surface area contributed by atoms with E-state index >= 15 is 0 Å². The average molecular weight is 488 g/mol. The van der Waals surface area contributed by atoms with Gasteiger partial charge in [-0.3, -0.25) is 4.99 Å². The highest BCUT2D eigenvalue weighted by Crippen LogP contribution is 2.36. The number of carboxylic acids is 1. The SMILES string of the molecule is O=C(O)C1CN=Cc2c(-c3ccc(-c4cccc(-c5ccccc5)c4)cc3)nc3ccc(F)cc3c2N1. The van der Waals surface area contributed by atoms with E-state index in [0.717, 1.165) is 27.8 Å². The predicted molar refractivity (Wildman–Crippen MR) is 146 cm³/mol. The first kappa shape index (κ1) is 22.6. The van der Waals surface area contributed by atoms with Crippen molar-refractivity contribution in [1.82, 2.24) is 4.98 Å². The topological polar surface area (TPSA) is 74.6 Å². The molecule has 1 aliphatic heterocycles. The number of hydrogen-bond donors (Lipinski definition) is 2. The summed E-state index contributed by atoms with van der Waals surface area (Å²) < 4.78 is 14.1. The van der Waals surface area contributed by atoms with Crippen LogP contribution in [0.25, 0.3) is 44.4 Å². The van der Waals surface area contributed by atoms with E-state index in [9.17, 15) is 14.3 Å². The fourth-order valence-corrected chi connectivity index (χ4v) is 4.69. The Morgan fingerprint density at radius 2 is 1.49 bits per heavy atom. The van der Waals surface area contributed by atoms with E-state index in [1.165, 1.54) is 12.1 Å². The van der Waals surface area contributed by atoms with E-state index in [4.69, 9.17) is 4.98 Å². The Bertz CT molecular complexity index is 1660. The number of fused-ring (bicyclic) bond motifs is 3. The van der Waals surface area contributed by atoms with Crippen LogP contribution in [0.4, 0.5) is 10.1 Å². The van der Waals surface area contributed by atoms with Crippen molar-refractivity contribution < 1.29 is 14.3 Å². The number of anilines is 1. The van der Waals surface area contributed by atoms with Gasteiger partial charge in [-0.05, 0) is 46.5 Å². The number of aliphatic carboxylic acids is 1. The van der Waals surface area contributed by atoms with Gasteiger partial charge < -0.3 is 10.4 Å². The molecular formula is C31H22FN3O2. The fraction of sp³-hybridized carbons (Fsp3) is 0.0645. The van der Waals surface area contributed by atoms with Crippen LogP contribution in [0.1, 0.15) is 5.56 Å². The molecule has 5 aromatic rings. The third-order valence-corrected chi connectivity index (χ3v) is 6.57. The van der Waals surface area contributed by atoms with Crippen LogP contribution in [0.3, 0.4) is 0 Å². The van der Waals surface area contributed by atoms with Crippen molar-refractivity contribution in [2.75, 3.05) is 11.9 Å². The van der Waals surface area contributed by atoms with Crippen LogP contribution < -0.4 is 5.32 Å². The van der Waals surface area contributed by atoms with Gasteiger partial charge in [-0.1, -0.05) is 72.8 Å². The maximum atomic E-state index is 14.1. The zero-order valence-electron chi connectivity index (χ0n) is 19.7. The molecule has 6 rings (SSSR count). The lowest BCUT2D eigenvalue weighted by atomic mass is 9.96. The number of benzene rings is 4. The van der Waals surface area contributed by atoms with Gasteiger partial charge in [-0.2, -0.15) is 0 Å². The molecule has 1 unspecified atom stereocenters. The van der Waals surface area contributed by atoms with E-state index in [1.807, 2.05) is 42.5 Å². The van der Waals surface area contributed by atoms with Gasteiger partial charge >= 0.3 is 5.97 Å². The van der Waals surface area contributed by atoms with E-state index in [2.05, 4.69) is 46.7 Å². The average Bonchev–Trinajstić information content (AvgIpc) is 3.17. The second-order valence-electron chi connectivity index (χ2n) is 8.96. The molecule has 1 aliphatic rings. The summed E-state index contributed by atoms with van der Waals surface area (Å²) in [5.41, 5.74) is 7.70. The third kappa shape index (κ3) is 4.34. The number of rotatable bonds is 4. The molecule has 0 fully saturated rings. The number of aromatic nitrogens is 1. The molecule has 2 N–H and O–H groups in total. The normalized spacial score (nSPS) is 14.6. The minimum atomic E-state index is -1.02. The lowest BCUT2D eigenvalue weighted by molar-refractivity contribution is -0.137. The lowest BCUT2D eigenvalue weighted by Crippen LogP contribution is -2.31. The first-order valence-corrected chi connectivity index (χ1v) is 12.0. The van der Waals surface area contributed by atoms with Gasteiger partial charge in [0.25, 0.3) is 0 Å². The van der Waals surface area contributed by atoms with Gasteiger partial charge in [0.05, 0.1) is 23.4 Å². The summed E-state index contributed by atoms with van der Waals surface area (Å²) >= 11 is 0. The molecule has 0 spiro atoms. The number of carboxylic acid groups (broad SMARTS) is 1. The summed E-state index contributed by atoms with van der Waals surface area (Å²) in [6.45, 7) is 0.0664. The minimum absolute atomic E-state index is 0.0664. The fourth-order valence-electron chi connectivity index (χ4n) is 4.69. The summed E-state index contributed by atoms with van der Waals surface area (Å²) in [6, 6.07) is 30.2. The Morgan fingerprint density at radius 3 is 2.22 bits per heavy atom. The van der Waals surface area contributed by atoms with Gasteiger partial charge in [0.1, 0.15) is 11.9 Å². The zero-order chi connectivity index (χ0) is 25.4. The van der Waals surface area contributed by atoms with Crippen LogP contribution in [-0.4, -0.2) is 34.9 Å². The Balaban J connectivity index is 1.43. The Kier molecular flexibility index (Phi) is 5.69.